The first-order valence-corrected chi connectivity index (χ1v) is 6.02. The molecule has 2 rings (SSSR count). The SMILES string of the molecule is CCn1nnc(CN)c1Cc1ccc(OC)cc1. The van der Waals surface area contributed by atoms with Crippen molar-refractivity contribution in [3.8, 4) is 5.75 Å². The third-order valence-electron chi connectivity index (χ3n) is 2.94. The predicted octanol–water partition coefficient (Wildman–Crippen LogP) is 1.36. The molecule has 5 heteroatoms. The summed E-state index contributed by atoms with van der Waals surface area (Å²) in [7, 11) is 1.66. The summed E-state index contributed by atoms with van der Waals surface area (Å²) in [5.74, 6) is 0.861. The monoisotopic (exact) mass is 246 g/mol. The Morgan fingerprint density at radius 3 is 2.56 bits per heavy atom. The van der Waals surface area contributed by atoms with E-state index in [4.69, 9.17) is 10.5 Å². The summed E-state index contributed by atoms with van der Waals surface area (Å²) < 4.78 is 7.04. The van der Waals surface area contributed by atoms with E-state index >= 15 is 0 Å². The number of rotatable bonds is 5. The second-order valence-corrected chi connectivity index (χ2v) is 4.03. The lowest BCUT2D eigenvalue weighted by Crippen LogP contribution is -2.07. The van der Waals surface area contributed by atoms with Crippen LogP contribution in [0.15, 0.2) is 24.3 Å². The fraction of sp³-hybridized carbons (Fsp3) is 0.385. The molecule has 1 heterocycles. The lowest BCUT2D eigenvalue weighted by molar-refractivity contribution is 0.414. The molecule has 2 N–H and O–H groups in total. The van der Waals surface area contributed by atoms with Crippen LogP contribution in [0.4, 0.5) is 0 Å². The zero-order valence-corrected chi connectivity index (χ0v) is 10.8. The minimum atomic E-state index is 0.422. The number of nitrogens with zero attached hydrogens (tertiary/aromatic N) is 3. The van der Waals surface area contributed by atoms with Gasteiger partial charge in [-0.3, -0.25) is 0 Å². The number of methoxy groups -OCH3 is 1. The van der Waals surface area contributed by atoms with Gasteiger partial charge in [-0.15, -0.1) is 5.10 Å². The molecule has 5 nitrogen and oxygen atoms in total. The van der Waals surface area contributed by atoms with Crippen molar-refractivity contribution in [3.63, 3.8) is 0 Å². The Balaban J connectivity index is 2.24. The van der Waals surface area contributed by atoms with E-state index < -0.39 is 0 Å². The molecule has 0 spiro atoms. The van der Waals surface area contributed by atoms with Crippen LogP contribution in [-0.4, -0.2) is 22.1 Å². The van der Waals surface area contributed by atoms with Gasteiger partial charge >= 0.3 is 0 Å². The van der Waals surface area contributed by atoms with Gasteiger partial charge in [-0.1, -0.05) is 17.3 Å². The number of ether oxygens (including phenoxy) is 1. The smallest absolute Gasteiger partial charge is 0.118 e. The van der Waals surface area contributed by atoms with E-state index in [1.54, 1.807) is 7.11 Å². The highest BCUT2D eigenvalue weighted by atomic mass is 16.5. The summed E-state index contributed by atoms with van der Waals surface area (Å²) in [6.45, 7) is 3.27. The maximum Gasteiger partial charge on any atom is 0.118 e. The van der Waals surface area contributed by atoms with Crippen LogP contribution in [0.3, 0.4) is 0 Å². The van der Waals surface area contributed by atoms with Gasteiger partial charge in [0, 0.05) is 19.5 Å². The summed E-state index contributed by atoms with van der Waals surface area (Å²) in [6.07, 6.45) is 0.789. The molecule has 96 valence electrons. The van der Waals surface area contributed by atoms with Gasteiger partial charge in [0.25, 0.3) is 0 Å². The molecule has 0 atom stereocenters. The molecule has 0 radical (unpaired) electrons. The molecule has 1 aromatic carbocycles. The Morgan fingerprint density at radius 1 is 1.28 bits per heavy atom. The van der Waals surface area contributed by atoms with Crippen molar-refractivity contribution >= 4 is 0 Å². The first-order valence-electron chi connectivity index (χ1n) is 6.02. The lowest BCUT2D eigenvalue weighted by atomic mass is 10.1. The van der Waals surface area contributed by atoms with E-state index in [9.17, 15) is 0 Å². The van der Waals surface area contributed by atoms with Gasteiger partial charge in [0.2, 0.25) is 0 Å². The third-order valence-corrected chi connectivity index (χ3v) is 2.94. The Bertz CT molecular complexity index is 483. The van der Waals surface area contributed by atoms with Crippen molar-refractivity contribution in [3.05, 3.63) is 41.2 Å². The van der Waals surface area contributed by atoms with E-state index in [2.05, 4.69) is 10.3 Å². The zero-order valence-electron chi connectivity index (χ0n) is 10.8. The van der Waals surface area contributed by atoms with Crippen LogP contribution in [-0.2, 0) is 19.5 Å². The molecule has 0 bridgehead atoms. The van der Waals surface area contributed by atoms with Crippen LogP contribution in [0.25, 0.3) is 0 Å². The van der Waals surface area contributed by atoms with E-state index in [1.807, 2.05) is 35.9 Å². The van der Waals surface area contributed by atoms with Gasteiger partial charge in [-0.05, 0) is 24.6 Å². The minimum Gasteiger partial charge on any atom is -0.497 e. The molecule has 0 saturated heterocycles. The molecule has 0 amide bonds. The van der Waals surface area contributed by atoms with E-state index in [-0.39, 0.29) is 0 Å². The Labute approximate surface area is 107 Å². The van der Waals surface area contributed by atoms with Crippen molar-refractivity contribution in [1.29, 1.82) is 0 Å². The predicted molar refractivity (Wildman–Crippen MR) is 69.4 cm³/mol. The molecule has 0 saturated carbocycles. The van der Waals surface area contributed by atoms with Gasteiger partial charge < -0.3 is 10.5 Å². The molecule has 0 aliphatic heterocycles. The maximum atomic E-state index is 5.68. The number of nitrogens with two attached hydrogens (primary N) is 1. The van der Waals surface area contributed by atoms with Crippen LogP contribution < -0.4 is 10.5 Å². The summed E-state index contributed by atoms with van der Waals surface area (Å²) in [5.41, 5.74) is 8.84. The van der Waals surface area contributed by atoms with Crippen molar-refractivity contribution in [2.45, 2.75) is 26.4 Å². The van der Waals surface area contributed by atoms with E-state index in [0.29, 0.717) is 6.54 Å². The van der Waals surface area contributed by atoms with Gasteiger partial charge in [-0.2, -0.15) is 0 Å². The van der Waals surface area contributed by atoms with Crippen molar-refractivity contribution in [2.75, 3.05) is 7.11 Å². The van der Waals surface area contributed by atoms with Crippen LogP contribution in [0, 0.1) is 0 Å². The van der Waals surface area contributed by atoms with Crippen LogP contribution in [0.1, 0.15) is 23.9 Å². The van der Waals surface area contributed by atoms with Crippen LogP contribution in [0.2, 0.25) is 0 Å². The Hall–Kier alpha value is -1.88. The molecule has 0 aliphatic rings. The third kappa shape index (κ3) is 2.51. The largest absolute Gasteiger partial charge is 0.497 e. The standard InChI is InChI=1S/C13H18N4O/c1-3-17-13(12(9-14)15-16-17)8-10-4-6-11(18-2)7-5-10/h4-7H,3,8-9,14H2,1-2H3. The van der Waals surface area contributed by atoms with Crippen molar-refractivity contribution < 1.29 is 4.74 Å². The van der Waals surface area contributed by atoms with E-state index in [1.165, 1.54) is 5.56 Å². The summed E-state index contributed by atoms with van der Waals surface area (Å²) >= 11 is 0. The zero-order chi connectivity index (χ0) is 13.0. The molecular weight excluding hydrogens is 228 g/mol. The molecule has 0 fully saturated rings. The fourth-order valence-electron chi connectivity index (χ4n) is 1.91. The van der Waals surface area contributed by atoms with Crippen LogP contribution >= 0.6 is 0 Å². The quantitative estimate of drug-likeness (QED) is 0.865. The topological polar surface area (TPSA) is 66.0 Å². The number of hydrogen-bond donors (Lipinski definition) is 1. The summed E-state index contributed by atoms with van der Waals surface area (Å²) in [4.78, 5) is 0. The highest BCUT2D eigenvalue weighted by Crippen LogP contribution is 2.16. The maximum absolute atomic E-state index is 5.68. The first kappa shape index (κ1) is 12.6. The molecule has 0 aliphatic carbocycles. The number of benzene rings is 1. The van der Waals surface area contributed by atoms with Gasteiger partial charge in [0.05, 0.1) is 18.5 Å². The fourth-order valence-corrected chi connectivity index (χ4v) is 1.91. The minimum absolute atomic E-state index is 0.422. The second-order valence-electron chi connectivity index (χ2n) is 4.03. The lowest BCUT2D eigenvalue weighted by Gasteiger charge is -2.06. The molecular formula is C13H18N4O. The average molecular weight is 246 g/mol. The van der Waals surface area contributed by atoms with Crippen molar-refractivity contribution in [1.82, 2.24) is 15.0 Å². The Morgan fingerprint density at radius 2 is 2.00 bits per heavy atom. The molecule has 1 aromatic heterocycles. The van der Waals surface area contributed by atoms with Gasteiger partial charge in [0.15, 0.2) is 0 Å². The average Bonchev–Trinajstić information content (AvgIpc) is 2.81. The normalized spacial score (nSPS) is 10.6. The number of hydrogen-bond acceptors (Lipinski definition) is 4. The highest BCUT2D eigenvalue weighted by Gasteiger charge is 2.11. The van der Waals surface area contributed by atoms with E-state index in [0.717, 1.165) is 30.1 Å². The van der Waals surface area contributed by atoms with Crippen LogP contribution in [0.5, 0.6) is 5.75 Å². The molecule has 2 aromatic rings. The summed E-state index contributed by atoms with van der Waals surface area (Å²) in [6, 6.07) is 8.01. The first-order chi connectivity index (χ1) is 8.78. The number of aryl methyl sites for hydroxylation is 1. The van der Waals surface area contributed by atoms with Crippen molar-refractivity contribution in [2.24, 2.45) is 5.73 Å². The molecule has 18 heavy (non-hydrogen) atoms. The van der Waals surface area contributed by atoms with Gasteiger partial charge in [0.1, 0.15) is 5.75 Å². The second kappa shape index (κ2) is 5.64. The number of aromatic nitrogens is 3. The van der Waals surface area contributed by atoms with Gasteiger partial charge in [-0.25, -0.2) is 4.68 Å². The molecule has 0 unspecified atom stereocenters. The summed E-state index contributed by atoms with van der Waals surface area (Å²) in [5, 5.41) is 8.20. The highest BCUT2D eigenvalue weighted by molar-refractivity contribution is 5.30. The Kier molecular flexibility index (Phi) is 3.94.